The number of aromatic nitrogens is 3. The topological polar surface area (TPSA) is 134 Å². The molecule has 0 spiro atoms. The van der Waals surface area contributed by atoms with Crippen LogP contribution < -0.4 is 5.73 Å². The van der Waals surface area contributed by atoms with E-state index >= 15 is 0 Å². The number of hydrogen-bond acceptors (Lipinski definition) is 9. The Hall–Kier alpha value is -2.01. The van der Waals surface area contributed by atoms with E-state index in [0.29, 0.717) is 11.2 Å². The molecule has 4 atom stereocenters. The van der Waals surface area contributed by atoms with E-state index in [4.69, 9.17) is 24.7 Å². The Bertz CT molecular complexity index is 1050. The van der Waals surface area contributed by atoms with Crippen LogP contribution in [0.2, 0.25) is 0 Å². The Labute approximate surface area is 186 Å². The van der Waals surface area contributed by atoms with Gasteiger partial charge in [0.25, 0.3) is 0 Å². The number of fused-ring (bicyclic) bond motifs is 2. The molecule has 2 aliphatic rings. The van der Waals surface area contributed by atoms with Crippen LogP contribution in [0.1, 0.15) is 33.4 Å². The molecule has 2 aromatic heterocycles. The van der Waals surface area contributed by atoms with Crippen molar-refractivity contribution in [2.75, 3.05) is 12.3 Å². The summed E-state index contributed by atoms with van der Waals surface area (Å²) in [5.41, 5.74) is 5.52. The number of nitrogens with two attached hydrogens (primary N) is 1. The molecule has 2 aliphatic heterocycles. The van der Waals surface area contributed by atoms with Crippen molar-refractivity contribution < 1.29 is 23.7 Å². The number of anilines is 1. The molecule has 2 N–H and O–H groups in total. The van der Waals surface area contributed by atoms with Crippen LogP contribution in [-0.2, 0) is 29.3 Å². The molecule has 30 heavy (non-hydrogen) atoms. The van der Waals surface area contributed by atoms with E-state index in [-0.39, 0.29) is 24.3 Å². The normalized spacial score (nSPS) is 29.8. The molecule has 4 heterocycles. The van der Waals surface area contributed by atoms with Crippen LogP contribution in [0.25, 0.3) is 5.52 Å². The Morgan fingerprint density at radius 1 is 1.43 bits per heavy atom. The van der Waals surface area contributed by atoms with Crippen LogP contribution in [0.5, 0.6) is 0 Å². The van der Waals surface area contributed by atoms with E-state index < -0.39 is 29.7 Å². The van der Waals surface area contributed by atoms with Gasteiger partial charge in [0.05, 0.1) is 11.6 Å². The highest BCUT2D eigenvalue weighted by molar-refractivity contribution is 14.1. The maximum atomic E-state index is 12.0. The summed E-state index contributed by atoms with van der Waals surface area (Å²) in [5.74, 6) is -1.29. The summed E-state index contributed by atoms with van der Waals surface area (Å²) in [6.45, 7) is 6.97. The van der Waals surface area contributed by atoms with Gasteiger partial charge in [-0.2, -0.15) is 10.4 Å². The number of carbonyl (C=O) groups is 1. The number of nitriles is 1. The molecule has 0 aliphatic carbocycles. The van der Waals surface area contributed by atoms with E-state index in [1.54, 1.807) is 38.3 Å². The summed E-state index contributed by atoms with van der Waals surface area (Å²) in [6, 6.07) is 4.05. The van der Waals surface area contributed by atoms with Gasteiger partial charge in [-0.3, -0.25) is 4.79 Å². The lowest BCUT2D eigenvalue weighted by atomic mass is 9.92. The maximum Gasteiger partial charge on any atom is 0.308 e. The van der Waals surface area contributed by atoms with Gasteiger partial charge in [0.1, 0.15) is 42.8 Å². The lowest BCUT2D eigenvalue weighted by molar-refractivity contribution is -0.207. The molecule has 10 nitrogen and oxygen atoms in total. The van der Waals surface area contributed by atoms with Gasteiger partial charge in [0.2, 0.25) is 5.60 Å². The minimum Gasteiger partial charge on any atom is -0.463 e. The third-order valence-electron chi connectivity index (χ3n) is 5.18. The zero-order chi connectivity index (χ0) is 21.8. The second-order valence-electron chi connectivity index (χ2n) is 8.09. The fourth-order valence-corrected chi connectivity index (χ4v) is 4.65. The van der Waals surface area contributed by atoms with E-state index in [0.717, 1.165) is 3.57 Å². The highest BCUT2D eigenvalue weighted by Crippen LogP contribution is 2.49. The van der Waals surface area contributed by atoms with Crippen molar-refractivity contribution in [3.63, 3.8) is 0 Å². The third kappa shape index (κ3) is 3.22. The van der Waals surface area contributed by atoms with Crippen molar-refractivity contribution >= 4 is 39.9 Å². The second kappa shape index (κ2) is 7.30. The summed E-state index contributed by atoms with van der Waals surface area (Å²) in [4.78, 5) is 16.0. The SMILES string of the molecule is CC(C)C(=O)OC[C@H]1O[C@@](C#N)(c2cc(I)c3c(N)ncnn23)[C@@H]2OC(C)(C)O[C@@H]21. The summed E-state index contributed by atoms with van der Waals surface area (Å²) in [5, 5.41) is 14.6. The molecular formula is C19H22IN5O5. The van der Waals surface area contributed by atoms with E-state index in [9.17, 15) is 10.1 Å². The van der Waals surface area contributed by atoms with Gasteiger partial charge in [-0.25, -0.2) is 9.50 Å². The van der Waals surface area contributed by atoms with Gasteiger partial charge in [-0.1, -0.05) is 13.8 Å². The average Bonchev–Trinajstić information content (AvgIpc) is 3.28. The quantitative estimate of drug-likeness (QED) is 0.466. The van der Waals surface area contributed by atoms with Gasteiger partial charge in [0, 0.05) is 3.57 Å². The predicted molar refractivity (Wildman–Crippen MR) is 112 cm³/mol. The van der Waals surface area contributed by atoms with Gasteiger partial charge < -0.3 is 24.7 Å². The first kappa shape index (κ1) is 21.2. The van der Waals surface area contributed by atoms with Crippen molar-refractivity contribution in [2.24, 2.45) is 5.92 Å². The number of esters is 1. The van der Waals surface area contributed by atoms with E-state index in [2.05, 4.69) is 38.7 Å². The highest BCUT2D eigenvalue weighted by Gasteiger charge is 2.65. The highest BCUT2D eigenvalue weighted by atomic mass is 127. The summed E-state index contributed by atoms with van der Waals surface area (Å²) < 4.78 is 26.1. The van der Waals surface area contributed by atoms with Crippen molar-refractivity contribution in [3.8, 4) is 6.07 Å². The molecule has 2 fully saturated rings. The minimum atomic E-state index is -1.54. The number of carbonyl (C=O) groups excluding carboxylic acids is 1. The maximum absolute atomic E-state index is 12.0. The van der Waals surface area contributed by atoms with Gasteiger partial charge in [-0.05, 0) is 42.5 Å². The molecule has 0 amide bonds. The Kier molecular flexibility index (Phi) is 5.16. The fraction of sp³-hybridized carbons (Fsp3) is 0.579. The fourth-order valence-electron chi connectivity index (χ4n) is 3.85. The molecule has 11 heteroatoms. The Balaban J connectivity index is 1.79. The second-order valence-corrected chi connectivity index (χ2v) is 9.25. The van der Waals surface area contributed by atoms with Crippen molar-refractivity contribution in [1.82, 2.24) is 14.6 Å². The molecule has 2 saturated heterocycles. The molecule has 0 radical (unpaired) electrons. The number of halogens is 1. The summed E-state index contributed by atoms with van der Waals surface area (Å²) in [7, 11) is 0. The van der Waals surface area contributed by atoms with Crippen molar-refractivity contribution in [3.05, 3.63) is 21.7 Å². The van der Waals surface area contributed by atoms with Crippen LogP contribution in [-0.4, -0.2) is 51.3 Å². The number of nitrogens with zero attached hydrogens (tertiary/aromatic N) is 4. The first-order valence-corrected chi connectivity index (χ1v) is 10.6. The van der Waals surface area contributed by atoms with Crippen LogP contribution in [0.15, 0.2) is 12.4 Å². The van der Waals surface area contributed by atoms with Gasteiger partial charge in [-0.15, -0.1) is 0 Å². The monoisotopic (exact) mass is 527 g/mol. The van der Waals surface area contributed by atoms with Crippen molar-refractivity contribution in [1.29, 1.82) is 5.26 Å². The Morgan fingerprint density at radius 2 is 2.17 bits per heavy atom. The van der Waals surface area contributed by atoms with Crippen LogP contribution in [0, 0.1) is 20.8 Å². The largest absolute Gasteiger partial charge is 0.463 e. The summed E-state index contributed by atoms with van der Waals surface area (Å²) >= 11 is 2.11. The number of rotatable bonds is 4. The lowest BCUT2D eigenvalue weighted by Gasteiger charge is -2.28. The average molecular weight is 527 g/mol. The zero-order valence-corrected chi connectivity index (χ0v) is 19.1. The third-order valence-corrected chi connectivity index (χ3v) is 6.00. The zero-order valence-electron chi connectivity index (χ0n) is 17.0. The lowest BCUT2D eigenvalue weighted by Crippen LogP contribution is -2.40. The number of hydrogen-bond donors (Lipinski definition) is 1. The first-order chi connectivity index (χ1) is 14.1. The van der Waals surface area contributed by atoms with Crippen LogP contribution in [0.3, 0.4) is 0 Å². The molecular weight excluding hydrogens is 505 g/mol. The van der Waals surface area contributed by atoms with Crippen LogP contribution in [0.4, 0.5) is 5.82 Å². The minimum absolute atomic E-state index is 0.0570. The molecule has 0 bridgehead atoms. The van der Waals surface area contributed by atoms with Crippen molar-refractivity contribution in [2.45, 2.75) is 57.4 Å². The molecule has 0 unspecified atom stereocenters. The Morgan fingerprint density at radius 3 is 2.83 bits per heavy atom. The molecule has 0 aromatic carbocycles. The number of ether oxygens (including phenoxy) is 4. The smallest absolute Gasteiger partial charge is 0.308 e. The summed E-state index contributed by atoms with van der Waals surface area (Å²) in [6.07, 6.45) is -0.745. The van der Waals surface area contributed by atoms with E-state index in [1.165, 1.54) is 6.33 Å². The first-order valence-electron chi connectivity index (χ1n) is 9.49. The molecule has 0 saturated carbocycles. The van der Waals surface area contributed by atoms with E-state index in [1.807, 2.05) is 0 Å². The molecule has 4 rings (SSSR count). The predicted octanol–water partition coefficient (Wildman–Crippen LogP) is 1.75. The van der Waals surface area contributed by atoms with Crippen LogP contribution >= 0.6 is 22.6 Å². The van der Waals surface area contributed by atoms with Gasteiger partial charge >= 0.3 is 5.97 Å². The molecule has 2 aromatic rings. The molecule has 160 valence electrons. The standard InChI is InChI=1S/C19H22IN5O5/c1-9(2)17(26)27-6-11-14-15(30-18(3,4)29-14)19(7-21,28-11)12-5-10(20)13-16(22)23-8-24-25(12)13/h5,8-9,11,14-15H,6H2,1-4H3,(H2,22,23,24)/t11-,14-,15-,19+/m1/s1. The van der Waals surface area contributed by atoms with Gasteiger partial charge in [0.15, 0.2) is 11.6 Å². The number of nitrogen functional groups attached to an aromatic ring is 1.